The Morgan fingerprint density at radius 2 is 1.81 bits per heavy atom. The van der Waals surface area contributed by atoms with E-state index in [0.29, 0.717) is 11.3 Å². The third kappa shape index (κ3) is 4.35. The van der Waals surface area contributed by atoms with Gasteiger partial charge >= 0.3 is 0 Å². The largest absolute Gasteiger partial charge is 0.394 e. The van der Waals surface area contributed by atoms with Crippen LogP contribution in [0.2, 0.25) is 0 Å². The molecule has 0 amide bonds. The summed E-state index contributed by atoms with van der Waals surface area (Å²) in [5.74, 6) is 0.142. The minimum absolute atomic E-state index is 0.142. The lowest BCUT2D eigenvalue weighted by atomic mass is 10.1. The highest BCUT2D eigenvalue weighted by Gasteiger charge is 2.24. The summed E-state index contributed by atoms with van der Waals surface area (Å²) in [7, 11) is 0. The lowest BCUT2D eigenvalue weighted by molar-refractivity contribution is 0.0652. The maximum Gasteiger partial charge on any atom is 0.137 e. The molecule has 5 nitrogen and oxygen atoms in total. The van der Waals surface area contributed by atoms with Crippen LogP contribution in [0.1, 0.15) is 16.5 Å². The topological polar surface area (TPSA) is 48.3 Å². The van der Waals surface area contributed by atoms with Gasteiger partial charge in [0, 0.05) is 48.0 Å². The van der Waals surface area contributed by atoms with Gasteiger partial charge in [-0.25, -0.2) is 4.99 Å². The maximum atomic E-state index is 9.06. The molecular formula is C21H25N3O2S. The number of aliphatic hydroxyl groups is 1. The van der Waals surface area contributed by atoms with E-state index in [1.54, 1.807) is 18.2 Å². The minimum atomic E-state index is -2.63. The van der Waals surface area contributed by atoms with Gasteiger partial charge in [-0.15, -0.1) is 0 Å². The zero-order valence-electron chi connectivity index (χ0n) is 22.6. The van der Waals surface area contributed by atoms with Crippen LogP contribution in [0, 0.1) is 0 Å². The molecule has 1 N–H and O–H groups in total. The van der Waals surface area contributed by atoms with Gasteiger partial charge < -0.3 is 14.7 Å². The van der Waals surface area contributed by atoms with Crippen molar-refractivity contribution < 1.29 is 20.8 Å². The predicted molar refractivity (Wildman–Crippen MR) is 109 cm³/mol. The molecular weight excluding hydrogens is 358 g/mol. The summed E-state index contributed by atoms with van der Waals surface area (Å²) in [5.41, 5.74) is 1.18. The van der Waals surface area contributed by atoms with Gasteiger partial charge in [0.15, 0.2) is 0 Å². The molecule has 0 saturated carbocycles. The molecule has 4 rings (SSSR count). The van der Waals surface area contributed by atoms with E-state index in [-0.39, 0.29) is 18.9 Å². The maximum absolute atomic E-state index is 9.06. The summed E-state index contributed by atoms with van der Waals surface area (Å²) in [4.78, 5) is 8.60. The van der Waals surface area contributed by atoms with E-state index in [1.807, 2.05) is 30.3 Å². The molecule has 142 valence electrons. The second kappa shape index (κ2) is 8.89. The SMILES string of the molecule is [2H]C([2H])(CO)OC([2H])([2H])CN1CC([2H])([2H])N(C2=Nc3ccccc3Sc3ccccc32)C([2H])([2H])C1. The summed E-state index contributed by atoms with van der Waals surface area (Å²) in [6.07, 6.45) is 0. The van der Waals surface area contributed by atoms with Crippen molar-refractivity contribution >= 4 is 23.3 Å². The summed E-state index contributed by atoms with van der Waals surface area (Å²) in [6, 6.07) is 14.7. The van der Waals surface area contributed by atoms with E-state index in [4.69, 9.17) is 25.8 Å². The van der Waals surface area contributed by atoms with Crippen LogP contribution in [0.25, 0.3) is 0 Å². The van der Waals surface area contributed by atoms with Crippen molar-refractivity contribution in [2.75, 3.05) is 52.4 Å². The van der Waals surface area contributed by atoms with Gasteiger partial charge in [0.05, 0.1) is 36.4 Å². The first-order valence-corrected chi connectivity index (χ1v) is 9.33. The highest BCUT2D eigenvalue weighted by Crippen LogP contribution is 2.40. The number of aliphatic hydroxyl groups excluding tert-OH is 1. The van der Waals surface area contributed by atoms with Crippen LogP contribution >= 0.6 is 11.8 Å². The Bertz CT molecular complexity index is 1110. The van der Waals surface area contributed by atoms with E-state index in [9.17, 15) is 0 Å². The van der Waals surface area contributed by atoms with Crippen molar-refractivity contribution in [1.29, 1.82) is 0 Å². The fourth-order valence-electron chi connectivity index (χ4n) is 2.76. The van der Waals surface area contributed by atoms with E-state index < -0.39 is 39.3 Å². The Hall–Kier alpha value is -1.86. The van der Waals surface area contributed by atoms with Crippen molar-refractivity contribution in [3.8, 4) is 0 Å². The number of piperazine rings is 1. The van der Waals surface area contributed by atoms with E-state index >= 15 is 0 Å². The van der Waals surface area contributed by atoms with Crippen LogP contribution in [0.4, 0.5) is 5.69 Å². The van der Waals surface area contributed by atoms with Crippen LogP contribution in [0.3, 0.4) is 0 Å². The van der Waals surface area contributed by atoms with Gasteiger partial charge in [-0.05, 0) is 18.2 Å². The lowest BCUT2D eigenvalue weighted by Crippen LogP contribution is -2.49. The Kier molecular flexibility index (Phi) is 3.69. The van der Waals surface area contributed by atoms with Crippen LogP contribution in [0.15, 0.2) is 63.3 Å². The molecule has 1 fully saturated rings. The summed E-state index contributed by atoms with van der Waals surface area (Å²) in [6.45, 7) is -12.2. The second-order valence-corrected chi connectivity index (χ2v) is 6.93. The van der Waals surface area contributed by atoms with E-state index in [1.165, 1.54) is 16.7 Å². The molecule has 0 radical (unpaired) electrons. The van der Waals surface area contributed by atoms with Gasteiger partial charge in [0.2, 0.25) is 0 Å². The van der Waals surface area contributed by atoms with Crippen molar-refractivity contribution in [3.63, 3.8) is 0 Å². The molecule has 2 aliphatic heterocycles. The number of rotatable bonds is 5. The summed E-state index contributed by atoms with van der Waals surface area (Å²) >= 11 is 1.47. The lowest BCUT2D eigenvalue weighted by Gasteiger charge is -2.36. The minimum Gasteiger partial charge on any atom is -0.394 e. The molecule has 0 atom stereocenters. The first kappa shape index (κ1) is 11.2. The number of nitrogens with zero attached hydrogens (tertiary/aromatic N) is 3. The number of aliphatic imine (C=N–C) groups is 1. The Balaban J connectivity index is 1.70. The number of fused-ring (bicyclic) bond motifs is 2. The number of para-hydroxylation sites is 1. The fraction of sp³-hybridized carbons (Fsp3) is 0.381. The highest BCUT2D eigenvalue weighted by molar-refractivity contribution is 7.99. The molecule has 6 heteroatoms. The zero-order chi connectivity index (χ0) is 25.6. The second-order valence-electron chi connectivity index (χ2n) is 5.85. The van der Waals surface area contributed by atoms with Gasteiger partial charge in [0.25, 0.3) is 0 Å². The van der Waals surface area contributed by atoms with Crippen molar-refractivity contribution in [2.24, 2.45) is 4.99 Å². The van der Waals surface area contributed by atoms with Gasteiger partial charge in [-0.3, -0.25) is 4.90 Å². The first-order chi connectivity index (χ1) is 16.2. The van der Waals surface area contributed by atoms with Gasteiger partial charge in [-0.2, -0.15) is 0 Å². The molecule has 0 aromatic heterocycles. The molecule has 2 aromatic carbocycles. The standard InChI is InChI=1S/C21H25N3O2S/c25-14-16-26-15-13-23-9-11-24(12-10-23)21-17-5-1-3-7-19(17)27-20-8-4-2-6-18(20)22-21/h1-8,25H,9-16H2/i11D2,12D2,15D2,16D2. The molecule has 0 aliphatic carbocycles. The Morgan fingerprint density at radius 1 is 1.07 bits per heavy atom. The highest BCUT2D eigenvalue weighted by atomic mass is 32.2. The average molecular weight is 392 g/mol. The monoisotopic (exact) mass is 391 g/mol. The average Bonchev–Trinajstić information content (AvgIpc) is 2.87. The number of ether oxygens (including phenoxy) is 1. The number of amidine groups is 1. The molecule has 27 heavy (non-hydrogen) atoms. The number of hydrogen-bond acceptors (Lipinski definition) is 6. The first-order valence-electron chi connectivity index (χ1n) is 12.5. The fourth-order valence-corrected chi connectivity index (χ4v) is 3.78. The Morgan fingerprint density at radius 3 is 2.63 bits per heavy atom. The molecule has 2 aromatic rings. The van der Waals surface area contributed by atoms with Crippen LogP contribution in [-0.4, -0.2) is 73.1 Å². The molecule has 1 saturated heterocycles. The normalized spacial score (nSPS) is 26.3. The van der Waals surface area contributed by atoms with Crippen molar-refractivity contribution in [1.82, 2.24) is 9.80 Å². The third-order valence-corrected chi connectivity index (χ3v) is 5.19. The zero-order valence-corrected chi connectivity index (χ0v) is 15.4. The molecule has 2 aliphatic rings. The predicted octanol–water partition coefficient (Wildman–Crippen LogP) is 2.86. The molecule has 0 spiro atoms. The van der Waals surface area contributed by atoms with Crippen LogP contribution < -0.4 is 0 Å². The molecule has 0 bridgehead atoms. The number of hydrogen-bond donors (Lipinski definition) is 1. The van der Waals surface area contributed by atoms with E-state index in [0.717, 1.165) is 14.7 Å². The smallest absolute Gasteiger partial charge is 0.137 e. The molecule has 0 unspecified atom stereocenters. The quantitative estimate of drug-likeness (QED) is 0.849. The van der Waals surface area contributed by atoms with Gasteiger partial charge in [-0.1, -0.05) is 42.1 Å². The van der Waals surface area contributed by atoms with Crippen LogP contribution in [0.5, 0.6) is 0 Å². The summed E-state index contributed by atoms with van der Waals surface area (Å²) < 4.78 is 70.8. The summed E-state index contributed by atoms with van der Waals surface area (Å²) in [5, 5.41) is 9.06. The van der Waals surface area contributed by atoms with E-state index in [2.05, 4.69) is 0 Å². The van der Waals surface area contributed by atoms with Crippen LogP contribution in [-0.2, 0) is 4.74 Å². The third-order valence-electron chi connectivity index (χ3n) is 4.05. The number of benzene rings is 2. The van der Waals surface area contributed by atoms with Crippen molar-refractivity contribution in [2.45, 2.75) is 9.79 Å². The molecule has 2 heterocycles. The van der Waals surface area contributed by atoms with Gasteiger partial charge in [0.1, 0.15) is 5.84 Å². The van der Waals surface area contributed by atoms with Crippen molar-refractivity contribution in [3.05, 3.63) is 54.1 Å². The Labute approximate surface area is 175 Å².